The standard InChI is InChI=1S/C15H13ClO2/c1-18-15-8-3-2-7-13(15)14(17)10-11-5-4-6-12(16)9-11/h2-9H,10H2,1H3. The predicted octanol–water partition coefficient (Wildman–Crippen LogP) is 3.77. The van der Waals surface area contributed by atoms with Gasteiger partial charge >= 0.3 is 0 Å². The molecule has 0 fully saturated rings. The minimum Gasteiger partial charge on any atom is -0.496 e. The molecule has 0 saturated heterocycles. The number of para-hydroxylation sites is 1. The highest BCUT2D eigenvalue weighted by Crippen LogP contribution is 2.20. The molecule has 0 aliphatic carbocycles. The summed E-state index contributed by atoms with van der Waals surface area (Å²) < 4.78 is 5.18. The monoisotopic (exact) mass is 260 g/mol. The summed E-state index contributed by atoms with van der Waals surface area (Å²) in [6.07, 6.45) is 0.320. The summed E-state index contributed by atoms with van der Waals surface area (Å²) in [5.74, 6) is 0.624. The first-order chi connectivity index (χ1) is 8.70. The maximum Gasteiger partial charge on any atom is 0.170 e. The molecule has 0 radical (unpaired) electrons. The second-order valence-electron chi connectivity index (χ2n) is 3.93. The van der Waals surface area contributed by atoms with Crippen LogP contribution in [0.15, 0.2) is 48.5 Å². The van der Waals surface area contributed by atoms with Gasteiger partial charge in [-0.3, -0.25) is 4.79 Å². The zero-order valence-corrected chi connectivity index (χ0v) is 10.8. The van der Waals surface area contributed by atoms with E-state index in [0.717, 1.165) is 5.56 Å². The molecule has 0 aliphatic heterocycles. The van der Waals surface area contributed by atoms with Crippen LogP contribution in [0, 0.1) is 0 Å². The van der Waals surface area contributed by atoms with Gasteiger partial charge in [0.1, 0.15) is 5.75 Å². The van der Waals surface area contributed by atoms with Crippen LogP contribution in [0.4, 0.5) is 0 Å². The van der Waals surface area contributed by atoms with Crippen LogP contribution in [0.25, 0.3) is 0 Å². The third-order valence-corrected chi connectivity index (χ3v) is 2.90. The summed E-state index contributed by atoms with van der Waals surface area (Å²) in [6, 6.07) is 14.5. The van der Waals surface area contributed by atoms with Gasteiger partial charge < -0.3 is 4.74 Å². The Kier molecular flexibility index (Phi) is 4.00. The highest BCUT2D eigenvalue weighted by atomic mass is 35.5. The third-order valence-electron chi connectivity index (χ3n) is 2.66. The molecular formula is C15H13ClO2. The Morgan fingerprint density at radius 2 is 1.94 bits per heavy atom. The Morgan fingerprint density at radius 3 is 2.67 bits per heavy atom. The SMILES string of the molecule is COc1ccccc1C(=O)Cc1cccc(Cl)c1. The molecule has 92 valence electrons. The number of ether oxygens (including phenoxy) is 1. The van der Waals surface area contributed by atoms with Gasteiger partial charge in [-0.15, -0.1) is 0 Å². The molecule has 2 aromatic rings. The molecule has 0 heterocycles. The number of Topliss-reactive ketones (excluding diaryl/α,β-unsaturated/α-hetero) is 1. The van der Waals surface area contributed by atoms with E-state index in [-0.39, 0.29) is 5.78 Å². The van der Waals surface area contributed by atoms with Crippen LogP contribution in [-0.2, 0) is 6.42 Å². The lowest BCUT2D eigenvalue weighted by molar-refractivity contribution is 0.0990. The van der Waals surface area contributed by atoms with Gasteiger partial charge in [-0.05, 0) is 29.8 Å². The van der Waals surface area contributed by atoms with Crippen LogP contribution >= 0.6 is 11.6 Å². The quantitative estimate of drug-likeness (QED) is 0.782. The molecule has 3 heteroatoms. The summed E-state index contributed by atoms with van der Waals surface area (Å²) in [4.78, 5) is 12.2. The van der Waals surface area contributed by atoms with Crippen molar-refractivity contribution in [3.63, 3.8) is 0 Å². The largest absolute Gasteiger partial charge is 0.496 e. The van der Waals surface area contributed by atoms with Gasteiger partial charge in [0.2, 0.25) is 0 Å². The zero-order valence-electron chi connectivity index (χ0n) is 10.0. The molecule has 0 spiro atoms. The van der Waals surface area contributed by atoms with Crippen molar-refractivity contribution in [1.29, 1.82) is 0 Å². The lowest BCUT2D eigenvalue weighted by Crippen LogP contribution is -2.05. The molecule has 0 aliphatic rings. The molecule has 0 atom stereocenters. The van der Waals surface area contributed by atoms with E-state index in [1.165, 1.54) is 0 Å². The van der Waals surface area contributed by atoms with Crippen molar-refractivity contribution in [2.75, 3.05) is 7.11 Å². The molecular weight excluding hydrogens is 248 g/mol. The number of halogens is 1. The van der Waals surface area contributed by atoms with Crippen LogP contribution in [0.2, 0.25) is 5.02 Å². The number of rotatable bonds is 4. The van der Waals surface area contributed by atoms with Crippen molar-refractivity contribution >= 4 is 17.4 Å². The van der Waals surface area contributed by atoms with Gasteiger partial charge in [0, 0.05) is 11.4 Å². The van der Waals surface area contributed by atoms with Gasteiger partial charge in [-0.2, -0.15) is 0 Å². The average molecular weight is 261 g/mol. The number of carbonyl (C=O) groups excluding carboxylic acids is 1. The van der Waals surface area contributed by atoms with E-state index >= 15 is 0 Å². The third kappa shape index (κ3) is 2.90. The number of ketones is 1. The van der Waals surface area contributed by atoms with Crippen LogP contribution in [0.1, 0.15) is 15.9 Å². The molecule has 18 heavy (non-hydrogen) atoms. The first kappa shape index (κ1) is 12.7. The van der Waals surface area contributed by atoms with Crippen LogP contribution in [0.5, 0.6) is 5.75 Å². The minimum absolute atomic E-state index is 0.0229. The van der Waals surface area contributed by atoms with Gasteiger partial charge in [-0.1, -0.05) is 35.9 Å². The maximum atomic E-state index is 12.2. The number of hydrogen-bond donors (Lipinski definition) is 0. The van der Waals surface area contributed by atoms with Gasteiger partial charge in [0.15, 0.2) is 5.78 Å². The lowest BCUT2D eigenvalue weighted by atomic mass is 10.0. The topological polar surface area (TPSA) is 26.3 Å². The number of hydrogen-bond acceptors (Lipinski definition) is 2. The highest BCUT2D eigenvalue weighted by Gasteiger charge is 2.12. The van der Waals surface area contributed by atoms with E-state index in [0.29, 0.717) is 22.8 Å². The lowest BCUT2D eigenvalue weighted by Gasteiger charge is -2.07. The summed E-state index contributed by atoms with van der Waals surface area (Å²) in [5.41, 5.74) is 1.50. The Labute approximate surface area is 111 Å². The van der Waals surface area contributed by atoms with Crippen molar-refractivity contribution in [2.45, 2.75) is 6.42 Å². The van der Waals surface area contributed by atoms with E-state index in [1.54, 1.807) is 31.4 Å². The van der Waals surface area contributed by atoms with E-state index in [2.05, 4.69) is 0 Å². The number of methoxy groups -OCH3 is 1. The fraction of sp³-hybridized carbons (Fsp3) is 0.133. The molecule has 0 saturated carbocycles. The smallest absolute Gasteiger partial charge is 0.170 e. The summed E-state index contributed by atoms with van der Waals surface area (Å²) in [7, 11) is 1.56. The maximum absolute atomic E-state index is 12.2. The first-order valence-corrected chi connectivity index (χ1v) is 5.99. The average Bonchev–Trinajstić information content (AvgIpc) is 2.38. The molecule has 2 rings (SSSR count). The molecule has 0 N–H and O–H groups in total. The Bertz CT molecular complexity index is 564. The fourth-order valence-electron chi connectivity index (χ4n) is 1.80. The Morgan fingerprint density at radius 1 is 1.17 bits per heavy atom. The molecule has 2 aromatic carbocycles. The van der Waals surface area contributed by atoms with E-state index in [4.69, 9.17) is 16.3 Å². The highest BCUT2D eigenvalue weighted by molar-refractivity contribution is 6.30. The second kappa shape index (κ2) is 5.69. The molecule has 0 amide bonds. The van der Waals surface area contributed by atoms with Crippen LogP contribution < -0.4 is 4.74 Å². The van der Waals surface area contributed by atoms with Gasteiger partial charge in [0.05, 0.1) is 12.7 Å². The van der Waals surface area contributed by atoms with E-state index < -0.39 is 0 Å². The molecule has 0 bridgehead atoms. The minimum atomic E-state index is 0.0229. The van der Waals surface area contributed by atoms with E-state index in [9.17, 15) is 4.79 Å². The zero-order chi connectivity index (χ0) is 13.0. The van der Waals surface area contributed by atoms with Crippen molar-refractivity contribution in [3.8, 4) is 5.75 Å². The normalized spacial score (nSPS) is 10.1. The van der Waals surface area contributed by atoms with Crippen molar-refractivity contribution in [3.05, 3.63) is 64.7 Å². The first-order valence-electron chi connectivity index (χ1n) is 5.61. The molecule has 0 unspecified atom stereocenters. The number of benzene rings is 2. The second-order valence-corrected chi connectivity index (χ2v) is 4.37. The molecule has 2 nitrogen and oxygen atoms in total. The summed E-state index contributed by atoms with van der Waals surface area (Å²) >= 11 is 5.90. The van der Waals surface area contributed by atoms with Gasteiger partial charge in [-0.25, -0.2) is 0 Å². The number of carbonyl (C=O) groups is 1. The van der Waals surface area contributed by atoms with Crippen molar-refractivity contribution in [1.82, 2.24) is 0 Å². The predicted molar refractivity (Wildman–Crippen MR) is 72.5 cm³/mol. The van der Waals surface area contributed by atoms with Crippen LogP contribution in [0.3, 0.4) is 0 Å². The molecule has 0 aromatic heterocycles. The van der Waals surface area contributed by atoms with Crippen LogP contribution in [-0.4, -0.2) is 12.9 Å². The Hall–Kier alpha value is -1.80. The van der Waals surface area contributed by atoms with Crippen molar-refractivity contribution in [2.24, 2.45) is 0 Å². The summed E-state index contributed by atoms with van der Waals surface area (Å²) in [5, 5.41) is 0.639. The fourth-order valence-corrected chi connectivity index (χ4v) is 2.02. The Balaban J connectivity index is 2.22. The van der Waals surface area contributed by atoms with Gasteiger partial charge in [0.25, 0.3) is 0 Å². The summed E-state index contributed by atoms with van der Waals surface area (Å²) in [6.45, 7) is 0. The van der Waals surface area contributed by atoms with Crippen molar-refractivity contribution < 1.29 is 9.53 Å². The van der Waals surface area contributed by atoms with E-state index in [1.807, 2.05) is 24.3 Å².